The smallest absolute Gasteiger partial charge is 0.411 e. The van der Waals surface area contributed by atoms with Crippen molar-refractivity contribution in [2.75, 3.05) is 39.3 Å². The van der Waals surface area contributed by atoms with Crippen LogP contribution in [0.25, 0.3) is 10.8 Å². The summed E-state index contributed by atoms with van der Waals surface area (Å²) in [5.74, 6) is 0.477. The number of nitrogens with zero attached hydrogens (tertiary/aromatic N) is 2. The predicted octanol–water partition coefficient (Wildman–Crippen LogP) is 4.46. The molecule has 2 amide bonds. The van der Waals surface area contributed by atoms with Crippen molar-refractivity contribution < 1.29 is 22.7 Å². The first-order valence-electron chi connectivity index (χ1n) is 15.3. The number of ether oxygens (including phenoxy) is 1. The van der Waals surface area contributed by atoms with Crippen LogP contribution in [0, 0.1) is 11.8 Å². The maximum atomic E-state index is 13.4. The Labute approximate surface area is 255 Å². The van der Waals surface area contributed by atoms with Crippen LogP contribution in [0.5, 0.6) is 0 Å². The van der Waals surface area contributed by atoms with Gasteiger partial charge in [0.1, 0.15) is 11.6 Å². The van der Waals surface area contributed by atoms with Crippen LogP contribution in [0.3, 0.4) is 0 Å². The SMILES string of the molecule is CC(C)(C)OC(=O)N1CC2=CC=CCC2CC1C(=O)NCC1CCN(CCNS(=O)(=O)c2cccc3ccccc23)CC1. The van der Waals surface area contributed by atoms with Gasteiger partial charge < -0.3 is 15.0 Å². The lowest BCUT2D eigenvalue weighted by Crippen LogP contribution is -2.56. The number of allylic oxidation sites excluding steroid dienone is 3. The highest BCUT2D eigenvalue weighted by Gasteiger charge is 2.40. The van der Waals surface area contributed by atoms with Gasteiger partial charge in [0.2, 0.25) is 15.9 Å². The number of hydrogen-bond donors (Lipinski definition) is 2. The molecule has 2 atom stereocenters. The quantitative estimate of drug-likeness (QED) is 0.458. The number of piperidine rings is 2. The van der Waals surface area contributed by atoms with Crippen LogP contribution in [-0.4, -0.2) is 81.1 Å². The lowest BCUT2D eigenvalue weighted by atomic mass is 9.81. The number of hydrogen-bond acceptors (Lipinski definition) is 6. The fourth-order valence-electron chi connectivity index (χ4n) is 6.24. The molecule has 2 heterocycles. The Morgan fingerprint density at radius 1 is 1.05 bits per heavy atom. The molecule has 2 aliphatic heterocycles. The second-order valence-corrected chi connectivity index (χ2v) is 14.6. The normalized spacial score (nSPS) is 21.7. The number of benzene rings is 2. The Balaban J connectivity index is 1.09. The van der Waals surface area contributed by atoms with Crippen molar-refractivity contribution in [3.63, 3.8) is 0 Å². The number of fused-ring (bicyclic) bond motifs is 2. The van der Waals surface area contributed by atoms with Gasteiger partial charge in [0.15, 0.2) is 0 Å². The van der Waals surface area contributed by atoms with E-state index in [1.54, 1.807) is 17.0 Å². The maximum Gasteiger partial charge on any atom is 0.411 e. The largest absolute Gasteiger partial charge is 0.444 e. The molecule has 10 heteroatoms. The van der Waals surface area contributed by atoms with E-state index in [1.165, 1.54) is 5.57 Å². The molecule has 0 radical (unpaired) electrons. The summed E-state index contributed by atoms with van der Waals surface area (Å²) in [6, 6.07) is 12.3. The van der Waals surface area contributed by atoms with Crippen LogP contribution in [0.4, 0.5) is 4.79 Å². The molecule has 0 spiro atoms. The zero-order chi connectivity index (χ0) is 30.6. The van der Waals surface area contributed by atoms with E-state index in [0.717, 1.165) is 43.1 Å². The van der Waals surface area contributed by atoms with Crippen LogP contribution in [-0.2, 0) is 19.6 Å². The van der Waals surface area contributed by atoms with E-state index in [0.29, 0.717) is 43.4 Å². The summed E-state index contributed by atoms with van der Waals surface area (Å²) in [6.07, 6.45) is 9.05. The average molecular weight is 609 g/mol. The van der Waals surface area contributed by atoms with E-state index in [2.05, 4.69) is 27.1 Å². The van der Waals surface area contributed by atoms with Crippen molar-refractivity contribution in [2.45, 2.75) is 63.0 Å². The van der Waals surface area contributed by atoms with Crippen LogP contribution >= 0.6 is 0 Å². The summed E-state index contributed by atoms with van der Waals surface area (Å²) >= 11 is 0. The zero-order valence-electron chi connectivity index (χ0n) is 25.4. The first-order chi connectivity index (χ1) is 20.5. The maximum absolute atomic E-state index is 13.4. The van der Waals surface area contributed by atoms with Crippen molar-refractivity contribution in [3.8, 4) is 0 Å². The van der Waals surface area contributed by atoms with Gasteiger partial charge >= 0.3 is 6.09 Å². The van der Waals surface area contributed by atoms with Gasteiger partial charge in [0.05, 0.1) is 4.90 Å². The Morgan fingerprint density at radius 2 is 1.79 bits per heavy atom. The lowest BCUT2D eigenvalue weighted by Gasteiger charge is -2.41. The van der Waals surface area contributed by atoms with Crippen LogP contribution in [0.1, 0.15) is 46.5 Å². The number of carbonyl (C=O) groups is 2. The van der Waals surface area contributed by atoms with Crippen molar-refractivity contribution in [2.24, 2.45) is 11.8 Å². The molecular formula is C33H44N4O5S. The molecule has 2 saturated heterocycles. The highest BCUT2D eigenvalue weighted by molar-refractivity contribution is 7.89. The summed E-state index contributed by atoms with van der Waals surface area (Å²) in [5.41, 5.74) is 0.531. The molecule has 1 aliphatic carbocycles. The average Bonchev–Trinajstić information content (AvgIpc) is 2.98. The van der Waals surface area contributed by atoms with E-state index < -0.39 is 27.8 Å². The molecule has 2 fully saturated rings. The second kappa shape index (κ2) is 13.2. The summed E-state index contributed by atoms with van der Waals surface area (Å²) < 4.78 is 34.5. The van der Waals surface area contributed by atoms with Crippen molar-refractivity contribution >= 4 is 32.8 Å². The van der Waals surface area contributed by atoms with Gasteiger partial charge in [-0.3, -0.25) is 9.69 Å². The molecular weight excluding hydrogens is 564 g/mol. The number of amides is 2. The van der Waals surface area contributed by atoms with Gasteiger partial charge in [0, 0.05) is 31.6 Å². The van der Waals surface area contributed by atoms with Gasteiger partial charge in [-0.1, -0.05) is 54.6 Å². The molecule has 5 rings (SSSR count). The van der Waals surface area contributed by atoms with Gasteiger partial charge in [0.25, 0.3) is 0 Å². The Morgan fingerprint density at radius 3 is 2.56 bits per heavy atom. The van der Waals surface area contributed by atoms with Gasteiger partial charge in [-0.05, 0) is 88.4 Å². The molecule has 43 heavy (non-hydrogen) atoms. The predicted molar refractivity (Wildman–Crippen MR) is 168 cm³/mol. The highest BCUT2D eigenvalue weighted by atomic mass is 32.2. The van der Waals surface area contributed by atoms with Gasteiger partial charge in [-0.25, -0.2) is 17.9 Å². The second-order valence-electron chi connectivity index (χ2n) is 12.9. The lowest BCUT2D eigenvalue weighted by molar-refractivity contribution is -0.127. The number of nitrogens with one attached hydrogen (secondary N) is 2. The first kappa shape index (κ1) is 31.2. The van der Waals surface area contributed by atoms with E-state index in [4.69, 9.17) is 4.74 Å². The van der Waals surface area contributed by atoms with E-state index in [1.807, 2.05) is 57.2 Å². The third-order valence-corrected chi connectivity index (χ3v) is 10.1. The number of sulfonamides is 1. The van der Waals surface area contributed by atoms with E-state index >= 15 is 0 Å². The number of carbonyl (C=O) groups excluding carboxylic acids is 2. The Hall–Kier alpha value is -3.21. The highest BCUT2D eigenvalue weighted by Crippen LogP contribution is 2.34. The molecule has 232 valence electrons. The summed E-state index contributed by atoms with van der Waals surface area (Å²) in [7, 11) is -3.62. The number of likely N-dealkylation sites (tertiary alicyclic amines) is 2. The molecule has 0 saturated carbocycles. The molecule has 2 unspecified atom stereocenters. The third-order valence-electron chi connectivity index (χ3n) is 8.59. The minimum atomic E-state index is -3.62. The molecule has 0 bridgehead atoms. The van der Waals surface area contributed by atoms with Gasteiger partial charge in [-0.2, -0.15) is 0 Å². The molecule has 2 aromatic carbocycles. The molecule has 2 N–H and O–H groups in total. The topological polar surface area (TPSA) is 108 Å². The van der Waals surface area contributed by atoms with Crippen molar-refractivity contribution in [3.05, 3.63) is 66.3 Å². The zero-order valence-corrected chi connectivity index (χ0v) is 26.2. The number of rotatable bonds is 8. The van der Waals surface area contributed by atoms with Crippen LogP contribution < -0.4 is 10.0 Å². The Kier molecular flexibility index (Phi) is 9.58. The first-order valence-corrected chi connectivity index (χ1v) is 16.8. The standard InChI is InChI=1S/C33H44N4O5S/c1-33(2,3)42-32(39)37-23-27-11-5-4-10-26(27)21-29(37)31(38)34-22-24-15-18-36(19-16-24)20-17-35-43(40,41)30-14-8-12-25-9-6-7-13-28(25)30/h4-9,11-14,24,26,29,35H,10,15-23H2,1-3H3,(H,34,38). The van der Waals surface area contributed by atoms with E-state index in [-0.39, 0.29) is 11.8 Å². The van der Waals surface area contributed by atoms with Crippen LogP contribution in [0.2, 0.25) is 0 Å². The molecule has 9 nitrogen and oxygen atoms in total. The molecule has 0 aromatic heterocycles. The summed E-state index contributed by atoms with van der Waals surface area (Å²) in [5, 5.41) is 4.75. The fourth-order valence-corrected chi connectivity index (χ4v) is 7.49. The minimum Gasteiger partial charge on any atom is -0.444 e. The molecule has 2 aromatic rings. The van der Waals surface area contributed by atoms with Crippen LogP contribution in [0.15, 0.2) is 71.2 Å². The van der Waals surface area contributed by atoms with E-state index in [9.17, 15) is 18.0 Å². The fraction of sp³-hybridized carbons (Fsp3) is 0.515. The van der Waals surface area contributed by atoms with Gasteiger partial charge in [-0.15, -0.1) is 0 Å². The van der Waals surface area contributed by atoms with Crippen molar-refractivity contribution in [1.82, 2.24) is 19.8 Å². The summed E-state index contributed by atoms with van der Waals surface area (Å²) in [6.45, 7) is 9.12. The third kappa shape index (κ3) is 7.85. The van der Waals surface area contributed by atoms with Crippen molar-refractivity contribution in [1.29, 1.82) is 0 Å². The molecule has 3 aliphatic rings. The summed E-state index contributed by atoms with van der Waals surface area (Å²) in [4.78, 5) is 30.6. The Bertz CT molecular complexity index is 1480. The monoisotopic (exact) mass is 608 g/mol. The minimum absolute atomic E-state index is 0.121.